The molecule has 26 heavy (non-hydrogen) atoms. The van der Waals surface area contributed by atoms with Crippen LogP contribution in [0.15, 0.2) is 47.6 Å². The van der Waals surface area contributed by atoms with Gasteiger partial charge in [-0.25, -0.2) is 14.8 Å². The summed E-state index contributed by atoms with van der Waals surface area (Å²) in [6.45, 7) is 4.22. The van der Waals surface area contributed by atoms with Gasteiger partial charge in [0.15, 0.2) is 6.73 Å². The molecule has 2 aromatic rings. The smallest absolute Gasteiger partial charge is 0.178 e. The second-order valence-electron chi connectivity index (χ2n) is 5.54. The van der Waals surface area contributed by atoms with Gasteiger partial charge in [0.05, 0.1) is 30.6 Å². The molecule has 0 aliphatic heterocycles. The highest BCUT2D eigenvalue weighted by Gasteiger charge is 2.16. The maximum absolute atomic E-state index is 6.32. The van der Waals surface area contributed by atoms with Crippen molar-refractivity contribution in [3.8, 4) is 0 Å². The van der Waals surface area contributed by atoms with E-state index >= 15 is 0 Å². The van der Waals surface area contributed by atoms with Gasteiger partial charge in [0.25, 0.3) is 0 Å². The molecular weight excluding hydrogens is 356 g/mol. The number of anilines is 1. The summed E-state index contributed by atoms with van der Waals surface area (Å²) in [4.78, 5) is 20.4. The topological polar surface area (TPSA) is 52.5 Å². The molecule has 0 radical (unpaired) electrons. The van der Waals surface area contributed by atoms with Crippen LogP contribution in [0.4, 0.5) is 5.69 Å². The van der Waals surface area contributed by atoms with Crippen LogP contribution in [0.25, 0.3) is 0 Å². The summed E-state index contributed by atoms with van der Waals surface area (Å²) < 4.78 is 0. The molecule has 0 spiro atoms. The van der Waals surface area contributed by atoms with Crippen molar-refractivity contribution in [2.24, 2.45) is 5.16 Å². The van der Waals surface area contributed by atoms with Crippen LogP contribution in [-0.4, -0.2) is 26.7 Å². The SMILES string of the molecule is COOCN(OC)c1c(Cl)cccc1CO/N=C(\C)c1ccc(C)cc1. The molecule has 0 atom stereocenters. The van der Waals surface area contributed by atoms with Crippen molar-refractivity contribution in [3.05, 3.63) is 64.2 Å². The molecule has 0 amide bonds. The molecule has 7 heteroatoms. The third-order valence-electron chi connectivity index (χ3n) is 3.72. The normalized spacial score (nSPS) is 11.5. The Morgan fingerprint density at radius 2 is 1.85 bits per heavy atom. The molecule has 140 valence electrons. The highest BCUT2D eigenvalue weighted by molar-refractivity contribution is 6.33. The quantitative estimate of drug-likeness (QED) is 0.278. The van der Waals surface area contributed by atoms with E-state index in [4.69, 9.17) is 26.2 Å². The Morgan fingerprint density at radius 3 is 2.50 bits per heavy atom. The van der Waals surface area contributed by atoms with Crippen molar-refractivity contribution >= 4 is 23.0 Å². The van der Waals surface area contributed by atoms with Gasteiger partial charge < -0.3 is 4.84 Å². The lowest BCUT2D eigenvalue weighted by atomic mass is 10.1. The summed E-state index contributed by atoms with van der Waals surface area (Å²) in [7, 11) is 2.94. The van der Waals surface area contributed by atoms with E-state index in [-0.39, 0.29) is 13.3 Å². The van der Waals surface area contributed by atoms with E-state index in [1.54, 1.807) is 6.07 Å². The van der Waals surface area contributed by atoms with Crippen LogP contribution >= 0.6 is 11.6 Å². The lowest BCUT2D eigenvalue weighted by Crippen LogP contribution is -2.26. The summed E-state index contributed by atoms with van der Waals surface area (Å²) in [6.07, 6.45) is 0. The fourth-order valence-electron chi connectivity index (χ4n) is 2.31. The Bertz CT molecular complexity index is 735. The molecule has 0 aliphatic carbocycles. The summed E-state index contributed by atoms with van der Waals surface area (Å²) in [5.41, 5.74) is 4.44. The number of para-hydroxylation sites is 1. The number of hydroxylamine groups is 1. The maximum Gasteiger partial charge on any atom is 0.178 e. The van der Waals surface area contributed by atoms with E-state index in [0.717, 1.165) is 16.8 Å². The second-order valence-corrected chi connectivity index (χ2v) is 5.95. The van der Waals surface area contributed by atoms with Crippen molar-refractivity contribution in [1.29, 1.82) is 0 Å². The Balaban J connectivity index is 2.12. The van der Waals surface area contributed by atoms with Gasteiger partial charge in [-0.15, -0.1) is 0 Å². The third kappa shape index (κ3) is 5.44. The number of halogens is 1. The third-order valence-corrected chi connectivity index (χ3v) is 4.02. The molecule has 2 aromatic carbocycles. The van der Waals surface area contributed by atoms with E-state index < -0.39 is 0 Å². The highest BCUT2D eigenvalue weighted by Crippen LogP contribution is 2.30. The standard InChI is InChI=1S/C19H23ClN2O4/c1-14-8-10-16(11-9-14)15(2)21-25-12-17-6-5-7-18(20)19(17)22(23-3)13-26-24-4/h5-11H,12-13H2,1-4H3/b21-15+. The van der Waals surface area contributed by atoms with Crippen molar-refractivity contribution in [1.82, 2.24) is 0 Å². The first-order valence-electron chi connectivity index (χ1n) is 8.05. The van der Waals surface area contributed by atoms with Crippen LogP contribution in [-0.2, 0) is 26.1 Å². The molecule has 6 nitrogen and oxygen atoms in total. The molecule has 0 saturated carbocycles. The van der Waals surface area contributed by atoms with Gasteiger partial charge in [-0.3, -0.25) is 4.84 Å². The molecule has 2 rings (SSSR count). The van der Waals surface area contributed by atoms with Crippen molar-refractivity contribution in [2.45, 2.75) is 20.5 Å². The molecule has 0 heterocycles. The number of oxime groups is 1. The van der Waals surface area contributed by atoms with Crippen molar-refractivity contribution < 1.29 is 19.5 Å². The van der Waals surface area contributed by atoms with Crippen molar-refractivity contribution in [2.75, 3.05) is 26.0 Å². The van der Waals surface area contributed by atoms with Gasteiger partial charge in [-0.1, -0.05) is 58.7 Å². The monoisotopic (exact) mass is 378 g/mol. The van der Waals surface area contributed by atoms with Crippen molar-refractivity contribution in [3.63, 3.8) is 0 Å². The van der Waals surface area contributed by atoms with Gasteiger partial charge in [0.1, 0.15) is 6.61 Å². The summed E-state index contributed by atoms with van der Waals surface area (Å²) in [5.74, 6) is 0. The minimum Gasteiger partial charge on any atom is -0.391 e. The largest absolute Gasteiger partial charge is 0.391 e. The fourth-order valence-corrected chi connectivity index (χ4v) is 2.60. The summed E-state index contributed by atoms with van der Waals surface area (Å²) in [6, 6.07) is 13.6. The number of nitrogens with zero attached hydrogens (tertiary/aromatic N) is 2. The molecular formula is C19H23ClN2O4. The Kier molecular flexibility index (Phi) is 7.87. The summed E-state index contributed by atoms with van der Waals surface area (Å²) >= 11 is 6.32. The van der Waals surface area contributed by atoms with Gasteiger partial charge in [0, 0.05) is 5.56 Å². The Morgan fingerprint density at radius 1 is 1.12 bits per heavy atom. The lowest BCUT2D eigenvalue weighted by Gasteiger charge is -2.23. The maximum atomic E-state index is 6.32. The van der Waals surface area contributed by atoms with Crippen LogP contribution in [0.1, 0.15) is 23.6 Å². The first-order valence-corrected chi connectivity index (χ1v) is 8.42. The van der Waals surface area contributed by atoms with E-state index in [2.05, 4.69) is 10.0 Å². The Hall–Kier alpha value is -2.12. The molecule has 0 fully saturated rings. The average Bonchev–Trinajstić information content (AvgIpc) is 2.64. The molecule has 0 saturated heterocycles. The highest BCUT2D eigenvalue weighted by atomic mass is 35.5. The van der Waals surface area contributed by atoms with Crippen LogP contribution in [0.2, 0.25) is 5.02 Å². The number of aryl methyl sites for hydroxylation is 1. The zero-order valence-electron chi connectivity index (χ0n) is 15.4. The van der Waals surface area contributed by atoms with Gasteiger partial charge in [-0.05, 0) is 25.5 Å². The van der Waals surface area contributed by atoms with Crippen LogP contribution < -0.4 is 5.06 Å². The first kappa shape index (κ1) is 20.2. The number of hydrogen-bond donors (Lipinski definition) is 0. The number of rotatable bonds is 9. The molecule has 0 aromatic heterocycles. The minimum absolute atomic E-state index is 0.0510. The zero-order chi connectivity index (χ0) is 18.9. The van der Waals surface area contributed by atoms with Crippen LogP contribution in [0.3, 0.4) is 0 Å². The second kappa shape index (κ2) is 10.1. The number of benzene rings is 2. The average molecular weight is 379 g/mol. The first-order chi connectivity index (χ1) is 12.6. The van der Waals surface area contributed by atoms with E-state index in [1.165, 1.54) is 24.8 Å². The van der Waals surface area contributed by atoms with E-state index in [1.807, 2.05) is 50.2 Å². The fraction of sp³-hybridized carbons (Fsp3) is 0.316. The van der Waals surface area contributed by atoms with E-state index in [9.17, 15) is 0 Å². The van der Waals surface area contributed by atoms with Crippen LogP contribution in [0.5, 0.6) is 0 Å². The predicted octanol–water partition coefficient (Wildman–Crippen LogP) is 4.49. The zero-order valence-corrected chi connectivity index (χ0v) is 16.1. The van der Waals surface area contributed by atoms with E-state index in [0.29, 0.717) is 10.7 Å². The lowest BCUT2D eigenvalue weighted by molar-refractivity contribution is -0.280. The molecule has 0 bridgehead atoms. The molecule has 0 aliphatic rings. The van der Waals surface area contributed by atoms with Gasteiger partial charge >= 0.3 is 0 Å². The van der Waals surface area contributed by atoms with Crippen LogP contribution in [0, 0.1) is 6.92 Å². The molecule has 0 N–H and O–H groups in total. The summed E-state index contributed by atoms with van der Waals surface area (Å²) in [5, 5.41) is 6.18. The van der Waals surface area contributed by atoms with Gasteiger partial charge in [-0.2, -0.15) is 0 Å². The number of hydrogen-bond acceptors (Lipinski definition) is 6. The predicted molar refractivity (Wildman–Crippen MR) is 102 cm³/mol. The molecule has 0 unspecified atom stereocenters. The Labute approximate surface area is 158 Å². The van der Waals surface area contributed by atoms with Gasteiger partial charge in [0.2, 0.25) is 0 Å². The minimum atomic E-state index is 0.0510.